The Balaban J connectivity index is 1.25. The van der Waals surface area contributed by atoms with Gasteiger partial charge in [-0.1, -0.05) is 54.4 Å². The lowest BCUT2D eigenvalue weighted by Crippen LogP contribution is -2.53. The fraction of sp³-hybridized carbons (Fsp3) is 0.296. The first-order valence-electron chi connectivity index (χ1n) is 11.5. The van der Waals surface area contributed by atoms with Crippen molar-refractivity contribution in [3.63, 3.8) is 0 Å². The van der Waals surface area contributed by atoms with E-state index in [9.17, 15) is 4.79 Å². The smallest absolute Gasteiger partial charge is 0.253 e. The van der Waals surface area contributed by atoms with Crippen LogP contribution in [0.2, 0.25) is 5.02 Å². The quantitative estimate of drug-likeness (QED) is 0.409. The van der Waals surface area contributed by atoms with Gasteiger partial charge in [-0.3, -0.25) is 14.5 Å². The summed E-state index contributed by atoms with van der Waals surface area (Å²) < 4.78 is 1.87. The predicted octanol–water partition coefficient (Wildman–Crippen LogP) is 5.86. The van der Waals surface area contributed by atoms with Gasteiger partial charge in [0.25, 0.3) is 5.91 Å². The van der Waals surface area contributed by atoms with E-state index < -0.39 is 0 Å². The summed E-state index contributed by atoms with van der Waals surface area (Å²) in [4.78, 5) is 17.8. The van der Waals surface area contributed by atoms with Crippen LogP contribution in [-0.2, 0) is 6.54 Å². The highest BCUT2D eigenvalue weighted by Gasteiger charge is 2.48. The Morgan fingerprint density at radius 2 is 1.91 bits per heavy atom. The van der Waals surface area contributed by atoms with Crippen molar-refractivity contribution in [1.82, 2.24) is 20.1 Å². The summed E-state index contributed by atoms with van der Waals surface area (Å²) in [5.41, 5.74) is 4.94. The number of nitrogens with zero attached hydrogens (tertiary/aromatic N) is 3. The summed E-state index contributed by atoms with van der Waals surface area (Å²) in [7, 11) is 0. The van der Waals surface area contributed by atoms with E-state index in [1.165, 1.54) is 19.3 Å². The maximum Gasteiger partial charge on any atom is 0.253 e. The van der Waals surface area contributed by atoms with Gasteiger partial charge in [0.05, 0.1) is 29.5 Å². The number of hydrogen-bond acceptors (Lipinski definition) is 3. The van der Waals surface area contributed by atoms with Crippen LogP contribution < -0.4 is 5.32 Å². The molecule has 2 aliphatic rings. The molecule has 2 heterocycles. The third kappa shape index (κ3) is 3.80. The molecule has 1 amide bonds. The van der Waals surface area contributed by atoms with Crippen molar-refractivity contribution in [3.8, 4) is 11.3 Å². The van der Waals surface area contributed by atoms with Crippen molar-refractivity contribution in [1.29, 1.82) is 0 Å². The zero-order chi connectivity index (χ0) is 22.4. The van der Waals surface area contributed by atoms with E-state index in [4.69, 9.17) is 11.6 Å². The first kappa shape index (κ1) is 20.4. The zero-order valence-corrected chi connectivity index (χ0v) is 19.1. The van der Waals surface area contributed by atoms with E-state index >= 15 is 0 Å². The highest BCUT2D eigenvalue weighted by Crippen LogP contribution is 2.55. The molecule has 6 rings (SSSR count). The summed E-state index contributed by atoms with van der Waals surface area (Å²) in [6, 6.07) is 18.1. The Morgan fingerprint density at radius 3 is 2.61 bits per heavy atom. The molecule has 0 aliphatic heterocycles. The van der Waals surface area contributed by atoms with Gasteiger partial charge in [0.1, 0.15) is 0 Å². The normalized spacial score (nSPS) is 17.0. The Hall–Kier alpha value is -3.18. The number of hydrogen-bond donors (Lipinski definition) is 1. The third-order valence-corrected chi connectivity index (χ3v) is 7.50. The van der Waals surface area contributed by atoms with Gasteiger partial charge in [-0.2, -0.15) is 5.10 Å². The molecule has 2 saturated carbocycles. The minimum Gasteiger partial charge on any atom is -0.349 e. The Kier molecular flexibility index (Phi) is 4.95. The van der Waals surface area contributed by atoms with Crippen molar-refractivity contribution in [2.75, 3.05) is 0 Å². The summed E-state index contributed by atoms with van der Waals surface area (Å²) in [6.45, 7) is 0.528. The zero-order valence-electron chi connectivity index (χ0n) is 18.3. The van der Waals surface area contributed by atoms with Gasteiger partial charge in [-0.15, -0.1) is 0 Å². The molecule has 1 spiro atoms. The van der Waals surface area contributed by atoms with Crippen LogP contribution in [0.3, 0.4) is 0 Å². The van der Waals surface area contributed by atoms with Crippen molar-refractivity contribution in [2.24, 2.45) is 5.41 Å². The number of carbonyl (C=O) groups excluding carboxylic acids is 1. The average Bonchev–Trinajstić information content (AvgIpc) is 3.17. The lowest BCUT2D eigenvalue weighted by molar-refractivity contribution is -0.000604. The lowest BCUT2D eigenvalue weighted by atomic mass is 9.54. The van der Waals surface area contributed by atoms with Crippen LogP contribution >= 0.6 is 11.6 Å². The van der Waals surface area contributed by atoms with Crippen molar-refractivity contribution in [2.45, 2.75) is 44.7 Å². The first-order chi connectivity index (χ1) is 16.1. The Labute approximate surface area is 197 Å². The SMILES string of the molecule is O=C(NC1CC2(CCC2)C1)c1cc(Cl)cc2cnn(Cc3ccc(-c4ccccc4)nc3)c12. The number of rotatable bonds is 5. The molecule has 2 aromatic carbocycles. The van der Waals surface area contributed by atoms with Gasteiger partial charge in [-0.25, -0.2) is 0 Å². The van der Waals surface area contributed by atoms with Crippen molar-refractivity contribution < 1.29 is 4.79 Å². The molecule has 6 heteroatoms. The van der Waals surface area contributed by atoms with Crippen LogP contribution in [0.4, 0.5) is 0 Å². The molecule has 2 aromatic heterocycles. The maximum absolute atomic E-state index is 13.2. The van der Waals surface area contributed by atoms with Crippen molar-refractivity contribution in [3.05, 3.63) is 83.1 Å². The van der Waals surface area contributed by atoms with E-state index in [1.807, 2.05) is 53.3 Å². The van der Waals surface area contributed by atoms with Gasteiger partial charge in [0.2, 0.25) is 0 Å². The number of halogens is 1. The molecular weight excluding hydrogens is 432 g/mol. The Bertz CT molecular complexity index is 1320. The van der Waals surface area contributed by atoms with Gasteiger partial charge in [0.15, 0.2) is 0 Å². The molecule has 0 unspecified atom stereocenters. The summed E-state index contributed by atoms with van der Waals surface area (Å²) in [5, 5.41) is 9.21. The molecule has 166 valence electrons. The third-order valence-electron chi connectivity index (χ3n) is 7.28. The topological polar surface area (TPSA) is 59.8 Å². The summed E-state index contributed by atoms with van der Waals surface area (Å²) in [5.74, 6) is -0.0685. The van der Waals surface area contributed by atoms with E-state index in [0.717, 1.165) is 40.6 Å². The molecule has 0 radical (unpaired) electrons. The molecule has 0 atom stereocenters. The minimum absolute atomic E-state index is 0.0685. The van der Waals surface area contributed by atoms with Gasteiger partial charge >= 0.3 is 0 Å². The monoisotopic (exact) mass is 456 g/mol. The highest BCUT2D eigenvalue weighted by molar-refractivity contribution is 6.32. The molecule has 0 saturated heterocycles. The van der Waals surface area contributed by atoms with Crippen LogP contribution in [0.15, 0.2) is 67.0 Å². The fourth-order valence-corrected chi connectivity index (χ4v) is 5.62. The minimum atomic E-state index is -0.0685. The average molecular weight is 457 g/mol. The predicted molar refractivity (Wildman–Crippen MR) is 130 cm³/mol. The first-order valence-corrected chi connectivity index (χ1v) is 11.9. The number of amides is 1. The van der Waals surface area contributed by atoms with Crippen LogP contribution in [0.1, 0.15) is 48.0 Å². The summed E-state index contributed by atoms with van der Waals surface area (Å²) in [6.07, 6.45) is 9.79. The van der Waals surface area contributed by atoms with E-state index in [0.29, 0.717) is 22.5 Å². The molecular formula is C27H25ClN4O. The second kappa shape index (κ2) is 7.99. The molecule has 0 bridgehead atoms. The van der Waals surface area contributed by atoms with Crippen molar-refractivity contribution >= 4 is 28.4 Å². The van der Waals surface area contributed by atoms with Crippen LogP contribution in [0.25, 0.3) is 22.2 Å². The number of carbonyl (C=O) groups is 1. The largest absolute Gasteiger partial charge is 0.349 e. The van der Waals surface area contributed by atoms with Gasteiger partial charge in [0, 0.05) is 28.2 Å². The van der Waals surface area contributed by atoms with Crippen LogP contribution in [0.5, 0.6) is 0 Å². The second-order valence-electron chi connectivity index (χ2n) is 9.54. The molecule has 33 heavy (non-hydrogen) atoms. The standard InChI is InChI=1S/C27H25ClN4O/c28-21-11-20-16-30-32(17-18-7-8-24(29-15-18)19-5-2-1-3-6-19)25(20)23(12-21)26(33)31-22-13-27(14-22)9-4-10-27/h1-3,5-8,11-12,15-16,22H,4,9-10,13-14,17H2,(H,31,33). The molecule has 1 N–H and O–H groups in total. The van der Waals surface area contributed by atoms with E-state index in [1.54, 1.807) is 12.3 Å². The lowest BCUT2D eigenvalue weighted by Gasteiger charge is -2.54. The number of pyridine rings is 1. The molecule has 5 nitrogen and oxygen atoms in total. The van der Waals surface area contributed by atoms with E-state index in [-0.39, 0.29) is 11.9 Å². The van der Waals surface area contributed by atoms with Gasteiger partial charge in [-0.05, 0) is 54.9 Å². The fourth-order valence-electron chi connectivity index (χ4n) is 5.40. The number of fused-ring (bicyclic) bond motifs is 1. The second-order valence-corrected chi connectivity index (χ2v) is 9.98. The molecule has 2 aliphatic carbocycles. The molecule has 4 aromatic rings. The van der Waals surface area contributed by atoms with Gasteiger partial charge < -0.3 is 5.32 Å². The number of benzene rings is 2. The Morgan fingerprint density at radius 1 is 1.09 bits per heavy atom. The van der Waals surface area contributed by atoms with E-state index in [2.05, 4.69) is 21.5 Å². The highest BCUT2D eigenvalue weighted by atomic mass is 35.5. The number of nitrogens with one attached hydrogen (secondary N) is 1. The molecule has 2 fully saturated rings. The van der Waals surface area contributed by atoms with Crippen LogP contribution in [0, 0.1) is 5.41 Å². The maximum atomic E-state index is 13.2. The number of aromatic nitrogens is 3. The van der Waals surface area contributed by atoms with Crippen LogP contribution in [-0.4, -0.2) is 26.7 Å². The summed E-state index contributed by atoms with van der Waals surface area (Å²) >= 11 is 6.35.